The molecule has 14 heavy (non-hydrogen) atoms. The molecule has 0 saturated heterocycles. The molecular formula is C10H9NO2S. The zero-order chi connectivity index (χ0) is 10.2. The van der Waals surface area contributed by atoms with E-state index < -0.39 is 5.41 Å². The largest absolute Gasteiger partial charge is 0.469 e. The summed E-state index contributed by atoms with van der Waals surface area (Å²) >= 11 is 1.52. The van der Waals surface area contributed by atoms with Crippen LogP contribution in [0, 0.1) is 17.2 Å². The quantitative estimate of drug-likeness (QED) is 0.693. The van der Waals surface area contributed by atoms with Crippen LogP contribution in [0.4, 0.5) is 0 Å². The molecule has 1 fully saturated rings. The van der Waals surface area contributed by atoms with E-state index in [-0.39, 0.29) is 11.9 Å². The lowest BCUT2D eigenvalue weighted by atomic mass is 10.0. The number of hydrogen-bond donors (Lipinski definition) is 0. The molecule has 0 aromatic carbocycles. The number of rotatable bonds is 2. The van der Waals surface area contributed by atoms with Crippen molar-refractivity contribution in [1.82, 2.24) is 0 Å². The van der Waals surface area contributed by atoms with Crippen LogP contribution in [-0.4, -0.2) is 13.1 Å². The van der Waals surface area contributed by atoms with E-state index in [1.54, 1.807) is 0 Å². The van der Waals surface area contributed by atoms with Gasteiger partial charge in [-0.1, -0.05) is 6.07 Å². The number of carbonyl (C=O) groups excluding carboxylic acids is 1. The van der Waals surface area contributed by atoms with E-state index in [0.717, 1.165) is 4.88 Å². The van der Waals surface area contributed by atoms with Crippen LogP contribution in [0.15, 0.2) is 17.5 Å². The molecular weight excluding hydrogens is 198 g/mol. The Bertz CT molecular complexity index is 393. The van der Waals surface area contributed by atoms with Crippen molar-refractivity contribution in [2.75, 3.05) is 7.11 Å². The summed E-state index contributed by atoms with van der Waals surface area (Å²) in [5.41, 5.74) is -0.596. The third-order valence-electron chi connectivity index (χ3n) is 2.61. The zero-order valence-corrected chi connectivity index (χ0v) is 8.50. The van der Waals surface area contributed by atoms with Gasteiger partial charge in [0.1, 0.15) is 5.41 Å². The lowest BCUT2D eigenvalue weighted by molar-refractivity contribution is -0.142. The third-order valence-corrected chi connectivity index (χ3v) is 3.65. The summed E-state index contributed by atoms with van der Waals surface area (Å²) in [5.74, 6) is -0.545. The van der Waals surface area contributed by atoms with Crippen LogP contribution in [0.5, 0.6) is 0 Å². The number of thiophene rings is 1. The molecule has 0 amide bonds. The first-order chi connectivity index (χ1) is 6.74. The van der Waals surface area contributed by atoms with Gasteiger partial charge < -0.3 is 4.74 Å². The second-order valence-corrected chi connectivity index (χ2v) is 4.29. The van der Waals surface area contributed by atoms with Gasteiger partial charge in [-0.05, 0) is 17.9 Å². The second-order valence-electron chi connectivity index (χ2n) is 3.34. The fourth-order valence-corrected chi connectivity index (χ4v) is 2.62. The van der Waals surface area contributed by atoms with E-state index in [0.29, 0.717) is 6.42 Å². The van der Waals surface area contributed by atoms with Crippen LogP contribution in [0.2, 0.25) is 0 Å². The minimum atomic E-state index is -0.596. The molecule has 0 aliphatic heterocycles. The Hall–Kier alpha value is -1.34. The van der Waals surface area contributed by atoms with Gasteiger partial charge >= 0.3 is 5.97 Å². The van der Waals surface area contributed by atoms with Crippen molar-refractivity contribution in [3.8, 4) is 6.07 Å². The van der Waals surface area contributed by atoms with Gasteiger partial charge in [0.25, 0.3) is 0 Å². The summed E-state index contributed by atoms with van der Waals surface area (Å²) in [7, 11) is 1.36. The lowest BCUT2D eigenvalue weighted by Gasteiger charge is -2.03. The van der Waals surface area contributed by atoms with Gasteiger partial charge in [0.15, 0.2) is 0 Å². The van der Waals surface area contributed by atoms with Gasteiger partial charge in [-0.25, -0.2) is 0 Å². The first-order valence-corrected chi connectivity index (χ1v) is 5.15. The van der Waals surface area contributed by atoms with E-state index in [1.807, 2.05) is 17.5 Å². The number of hydrogen-bond acceptors (Lipinski definition) is 4. The van der Waals surface area contributed by atoms with E-state index in [9.17, 15) is 4.79 Å². The minimum absolute atomic E-state index is 0.267. The summed E-state index contributed by atoms with van der Waals surface area (Å²) in [6.07, 6.45) is 0.594. The maximum absolute atomic E-state index is 11.3. The number of esters is 1. The van der Waals surface area contributed by atoms with Gasteiger partial charge in [-0.3, -0.25) is 4.79 Å². The number of nitrogens with zero attached hydrogens (tertiary/aromatic N) is 1. The SMILES string of the molecule is COC(=O)C1CC1(C#N)c1cccs1. The Morgan fingerprint density at radius 3 is 3.14 bits per heavy atom. The predicted octanol–water partition coefficient (Wildman–Crippen LogP) is 1.70. The van der Waals surface area contributed by atoms with Gasteiger partial charge in [-0.2, -0.15) is 5.26 Å². The fourth-order valence-electron chi connectivity index (χ4n) is 1.67. The van der Waals surface area contributed by atoms with Gasteiger partial charge in [0, 0.05) is 4.88 Å². The van der Waals surface area contributed by atoms with Crippen molar-refractivity contribution in [2.24, 2.45) is 5.92 Å². The normalized spacial score (nSPS) is 29.3. The highest BCUT2D eigenvalue weighted by atomic mass is 32.1. The maximum Gasteiger partial charge on any atom is 0.310 e. The summed E-state index contributed by atoms with van der Waals surface area (Å²) in [4.78, 5) is 12.2. The molecule has 0 N–H and O–H groups in total. The average molecular weight is 207 g/mol. The first-order valence-electron chi connectivity index (χ1n) is 4.27. The first kappa shape index (κ1) is 9.22. The fraction of sp³-hybridized carbons (Fsp3) is 0.400. The molecule has 0 spiro atoms. The molecule has 72 valence electrons. The summed E-state index contributed by atoms with van der Waals surface area (Å²) < 4.78 is 4.64. The monoisotopic (exact) mass is 207 g/mol. The van der Waals surface area contributed by atoms with Crippen LogP contribution < -0.4 is 0 Å². The standard InChI is InChI=1S/C10H9NO2S/c1-13-9(12)7-5-10(7,6-11)8-3-2-4-14-8/h2-4,7H,5H2,1H3. The second kappa shape index (κ2) is 3.10. The molecule has 2 atom stereocenters. The lowest BCUT2D eigenvalue weighted by Crippen LogP contribution is -2.13. The molecule has 1 aromatic rings. The van der Waals surface area contributed by atoms with Crippen LogP contribution >= 0.6 is 11.3 Å². The Balaban J connectivity index is 2.26. The summed E-state index contributed by atoms with van der Waals surface area (Å²) in [5, 5.41) is 11.0. The van der Waals surface area contributed by atoms with Crippen LogP contribution in [-0.2, 0) is 14.9 Å². The van der Waals surface area contributed by atoms with E-state index in [2.05, 4.69) is 10.8 Å². The van der Waals surface area contributed by atoms with Crippen LogP contribution in [0.25, 0.3) is 0 Å². The molecule has 3 nitrogen and oxygen atoms in total. The summed E-state index contributed by atoms with van der Waals surface area (Å²) in [6, 6.07) is 6.02. The molecule has 1 aliphatic rings. The Morgan fingerprint density at radius 1 is 1.86 bits per heavy atom. The Labute approximate surface area is 85.9 Å². The van der Waals surface area contributed by atoms with Crippen molar-refractivity contribution in [2.45, 2.75) is 11.8 Å². The minimum Gasteiger partial charge on any atom is -0.469 e. The highest BCUT2D eigenvalue weighted by Crippen LogP contribution is 2.55. The average Bonchev–Trinajstić information content (AvgIpc) is 2.71. The molecule has 1 saturated carbocycles. The Morgan fingerprint density at radius 2 is 2.64 bits per heavy atom. The van der Waals surface area contributed by atoms with Crippen molar-refractivity contribution in [3.05, 3.63) is 22.4 Å². The highest BCUT2D eigenvalue weighted by molar-refractivity contribution is 7.10. The van der Waals surface area contributed by atoms with Crippen molar-refractivity contribution < 1.29 is 9.53 Å². The Kier molecular flexibility index (Phi) is 2.05. The maximum atomic E-state index is 11.3. The number of carbonyl (C=O) groups is 1. The number of methoxy groups -OCH3 is 1. The predicted molar refractivity (Wildman–Crippen MR) is 51.7 cm³/mol. The van der Waals surface area contributed by atoms with E-state index in [1.165, 1.54) is 18.4 Å². The van der Waals surface area contributed by atoms with Gasteiger partial charge in [-0.15, -0.1) is 11.3 Å². The molecule has 2 rings (SSSR count). The molecule has 2 unspecified atom stereocenters. The summed E-state index contributed by atoms with van der Waals surface area (Å²) in [6.45, 7) is 0. The third kappa shape index (κ3) is 1.13. The zero-order valence-electron chi connectivity index (χ0n) is 7.69. The number of ether oxygens (including phenoxy) is 1. The van der Waals surface area contributed by atoms with Gasteiger partial charge in [0.05, 0.1) is 19.1 Å². The topological polar surface area (TPSA) is 50.1 Å². The van der Waals surface area contributed by atoms with E-state index in [4.69, 9.17) is 5.26 Å². The molecule has 1 aromatic heterocycles. The molecule has 0 bridgehead atoms. The van der Waals surface area contributed by atoms with Crippen LogP contribution in [0.1, 0.15) is 11.3 Å². The molecule has 1 aliphatic carbocycles. The highest BCUT2D eigenvalue weighted by Gasteiger charge is 2.61. The molecule has 1 heterocycles. The van der Waals surface area contributed by atoms with Crippen molar-refractivity contribution in [1.29, 1.82) is 5.26 Å². The van der Waals surface area contributed by atoms with Crippen LogP contribution in [0.3, 0.4) is 0 Å². The smallest absolute Gasteiger partial charge is 0.310 e. The van der Waals surface area contributed by atoms with Crippen molar-refractivity contribution in [3.63, 3.8) is 0 Å². The van der Waals surface area contributed by atoms with Gasteiger partial charge in [0.2, 0.25) is 0 Å². The molecule has 4 heteroatoms. The van der Waals surface area contributed by atoms with E-state index >= 15 is 0 Å². The molecule has 0 radical (unpaired) electrons. The number of nitriles is 1. The van der Waals surface area contributed by atoms with Crippen molar-refractivity contribution >= 4 is 17.3 Å².